The summed E-state index contributed by atoms with van der Waals surface area (Å²) in [6, 6.07) is 6.36. The second kappa shape index (κ2) is 12.2. The van der Waals surface area contributed by atoms with Crippen LogP contribution in [0.5, 0.6) is 0 Å². The number of hydrogen-bond donors (Lipinski definition) is 3. The van der Waals surface area contributed by atoms with Crippen molar-refractivity contribution in [2.75, 3.05) is 25.0 Å². The normalized spacial score (nSPS) is 18.2. The van der Waals surface area contributed by atoms with E-state index in [-0.39, 0.29) is 54.3 Å². The number of fused-ring (bicyclic) bond motifs is 2. The number of carbonyl (C=O) groups is 3. The highest BCUT2D eigenvalue weighted by Crippen LogP contribution is 2.35. The molecule has 14 heteroatoms. The van der Waals surface area contributed by atoms with Crippen molar-refractivity contribution in [3.63, 3.8) is 0 Å². The Kier molecular flexibility index (Phi) is 8.67. The van der Waals surface area contributed by atoms with Crippen molar-refractivity contribution < 1.29 is 41.3 Å². The van der Waals surface area contributed by atoms with Crippen LogP contribution in [0.4, 0.5) is 28.0 Å². The number of ether oxygens (including phenoxy) is 1. The number of aromatic amines is 1. The van der Waals surface area contributed by atoms with Gasteiger partial charge < -0.3 is 25.3 Å². The predicted octanol–water partition coefficient (Wildman–Crippen LogP) is 4.76. The van der Waals surface area contributed by atoms with Gasteiger partial charge in [0.2, 0.25) is 5.91 Å². The number of nitrogens with zero attached hydrogens (tertiary/aromatic N) is 2. The number of benzene rings is 2. The van der Waals surface area contributed by atoms with Crippen LogP contribution in [0.25, 0.3) is 10.8 Å². The summed E-state index contributed by atoms with van der Waals surface area (Å²) in [5.74, 6) is -1.70. The van der Waals surface area contributed by atoms with Crippen LogP contribution in [-0.2, 0) is 22.1 Å². The molecule has 2 aliphatic rings. The lowest BCUT2D eigenvalue weighted by Gasteiger charge is -2.35. The lowest BCUT2D eigenvalue weighted by molar-refractivity contribution is -0.417. The molecule has 0 unspecified atom stereocenters. The van der Waals surface area contributed by atoms with Crippen LogP contribution in [0.3, 0.4) is 0 Å². The monoisotopic (exact) mass is 644 g/mol. The number of alkyl carbamates (subject to hydrolysis) is 1. The van der Waals surface area contributed by atoms with Crippen molar-refractivity contribution in [2.24, 2.45) is 0 Å². The summed E-state index contributed by atoms with van der Waals surface area (Å²) < 4.78 is 61.0. The van der Waals surface area contributed by atoms with Gasteiger partial charge in [0.1, 0.15) is 17.5 Å². The average Bonchev–Trinajstić information content (AvgIpc) is 3.42. The third kappa shape index (κ3) is 7.05. The smallest absolute Gasteiger partial charge is 0.435 e. The Morgan fingerprint density at radius 2 is 1.85 bits per heavy atom. The van der Waals surface area contributed by atoms with Gasteiger partial charge in [-0.05, 0) is 81.0 Å². The molecule has 2 atom stereocenters. The fraction of sp³-hybridized carbons (Fsp3) is 0.406. The number of anilines is 1. The number of nitrogens with one attached hydrogen (secondary N) is 3. The van der Waals surface area contributed by atoms with Gasteiger partial charge in [0.05, 0.1) is 35.6 Å². The van der Waals surface area contributed by atoms with Gasteiger partial charge in [0.15, 0.2) is 18.5 Å². The van der Waals surface area contributed by atoms with Gasteiger partial charge in [-0.2, -0.15) is 17.7 Å². The van der Waals surface area contributed by atoms with Crippen LogP contribution >= 0.6 is 0 Å². The molecule has 2 aliphatic heterocycles. The summed E-state index contributed by atoms with van der Waals surface area (Å²) >= 11 is 0. The minimum absolute atomic E-state index is 0.000262. The first-order valence-electron chi connectivity index (χ1n) is 14.7. The first kappa shape index (κ1) is 32.6. The van der Waals surface area contributed by atoms with Gasteiger partial charge in [-0.25, -0.2) is 14.0 Å². The topological polar surface area (TPSA) is 124 Å². The molecule has 1 aromatic heterocycles. The summed E-state index contributed by atoms with van der Waals surface area (Å²) in [6.45, 7) is 6.96. The van der Waals surface area contributed by atoms with E-state index in [0.717, 1.165) is 18.2 Å². The number of rotatable bonds is 5. The molecule has 0 saturated heterocycles. The molecular formula is C32H34F4N5O5+. The van der Waals surface area contributed by atoms with Gasteiger partial charge >= 0.3 is 18.2 Å². The molecule has 0 aliphatic carbocycles. The molecule has 0 radical (unpaired) electrons. The molecule has 0 bridgehead atoms. The molecule has 2 aromatic carbocycles. The van der Waals surface area contributed by atoms with Crippen LogP contribution in [0.15, 0.2) is 41.2 Å². The van der Waals surface area contributed by atoms with E-state index in [1.807, 2.05) is 0 Å². The van der Waals surface area contributed by atoms with Crippen LogP contribution in [-0.4, -0.2) is 69.9 Å². The zero-order valence-corrected chi connectivity index (χ0v) is 25.7. The van der Waals surface area contributed by atoms with Crippen molar-refractivity contribution in [1.29, 1.82) is 0 Å². The van der Waals surface area contributed by atoms with E-state index in [4.69, 9.17) is 4.74 Å². The first-order valence-corrected chi connectivity index (χ1v) is 14.7. The molecule has 244 valence electrons. The Balaban J connectivity index is 1.27. The van der Waals surface area contributed by atoms with E-state index in [9.17, 15) is 36.7 Å². The summed E-state index contributed by atoms with van der Waals surface area (Å²) in [4.78, 5) is 55.2. The lowest BCUT2D eigenvalue weighted by atomic mass is 9.91. The fourth-order valence-corrected chi connectivity index (χ4v) is 5.70. The Labute approximate surface area is 261 Å². The molecule has 3 aromatic rings. The summed E-state index contributed by atoms with van der Waals surface area (Å²) in [5.41, 5.74) is -1.08. The number of H-pyrrole nitrogens is 1. The fourth-order valence-electron chi connectivity index (χ4n) is 5.70. The summed E-state index contributed by atoms with van der Waals surface area (Å²) in [6.07, 6.45) is -2.86. The van der Waals surface area contributed by atoms with E-state index >= 15 is 0 Å². The third-order valence-electron chi connectivity index (χ3n) is 7.93. The van der Waals surface area contributed by atoms with Gasteiger partial charge in [0.25, 0.3) is 5.56 Å². The number of amides is 3. The number of hydrogen-bond acceptors (Lipinski definition) is 6. The molecular weight excluding hydrogens is 610 g/mol. The average molecular weight is 645 g/mol. The summed E-state index contributed by atoms with van der Waals surface area (Å²) in [7, 11) is 0. The van der Waals surface area contributed by atoms with Crippen molar-refractivity contribution in [2.45, 2.75) is 64.4 Å². The zero-order chi connectivity index (χ0) is 33.6. The molecule has 10 nitrogen and oxygen atoms in total. The maximum atomic E-state index is 15.0. The molecule has 0 fully saturated rings. The van der Waals surface area contributed by atoms with Crippen LogP contribution in [0.2, 0.25) is 0 Å². The molecule has 3 N–H and O–H groups in total. The van der Waals surface area contributed by atoms with Gasteiger partial charge in [-0.15, -0.1) is 0 Å². The van der Waals surface area contributed by atoms with E-state index < -0.39 is 52.7 Å². The summed E-state index contributed by atoms with van der Waals surface area (Å²) in [5, 5.41) is 5.72. The predicted molar refractivity (Wildman–Crippen MR) is 162 cm³/mol. The number of alkyl halides is 3. The molecule has 0 saturated carbocycles. The second-order valence-electron chi connectivity index (χ2n) is 12.4. The van der Waals surface area contributed by atoms with Crippen molar-refractivity contribution in [3.8, 4) is 0 Å². The molecule has 5 rings (SSSR count). The highest BCUT2D eigenvalue weighted by molar-refractivity contribution is 5.94. The zero-order valence-electron chi connectivity index (χ0n) is 25.7. The maximum absolute atomic E-state index is 15.0. The largest absolute Gasteiger partial charge is 0.444 e. The van der Waals surface area contributed by atoms with Crippen molar-refractivity contribution in [3.05, 3.63) is 75.0 Å². The maximum Gasteiger partial charge on any atom is 0.435 e. The number of carbonyl (C=O) groups excluding carboxylic acids is 3. The standard InChI is InChI=1S/C32H33F4N5O5/c1-17-22-6-5-20(32(34,35)36)11-18(22)7-10-41(17)27(42)15-37-25-12-19-13-26(39-28(43)23(19)14-24(25)33)29(44)40-9-8-21(16-40)38-30(45)46-31(2,3)4/h5-6,9,11-14,17,21H,7-8,10,15-16H2,1-4H3,(H2-,37,38,39,43,45)/p+1/t17-,21-/m0/s1. The van der Waals surface area contributed by atoms with Crippen molar-refractivity contribution in [1.82, 2.24) is 15.2 Å². The van der Waals surface area contributed by atoms with E-state index in [0.29, 0.717) is 17.5 Å². The van der Waals surface area contributed by atoms with Crippen molar-refractivity contribution >= 4 is 40.6 Å². The quantitative estimate of drug-likeness (QED) is 0.272. The minimum Gasteiger partial charge on any atom is -0.444 e. The number of halogens is 4. The molecule has 3 amide bonds. The van der Waals surface area contributed by atoms with Gasteiger partial charge in [-0.1, -0.05) is 6.07 Å². The van der Waals surface area contributed by atoms with Gasteiger partial charge in [-0.3, -0.25) is 9.59 Å². The van der Waals surface area contributed by atoms with E-state index in [1.54, 1.807) is 33.9 Å². The second-order valence-corrected chi connectivity index (χ2v) is 12.4. The third-order valence-corrected chi connectivity index (χ3v) is 7.93. The molecule has 3 heterocycles. The Bertz CT molecular complexity index is 1810. The van der Waals surface area contributed by atoms with Crippen LogP contribution < -0.4 is 16.2 Å². The number of pyridine rings is 1. The van der Waals surface area contributed by atoms with Crippen LogP contribution in [0.1, 0.15) is 67.3 Å². The van der Waals surface area contributed by atoms with E-state index in [1.165, 1.54) is 27.7 Å². The highest BCUT2D eigenvalue weighted by Gasteiger charge is 2.35. The Morgan fingerprint density at radius 1 is 1.11 bits per heavy atom. The highest BCUT2D eigenvalue weighted by atomic mass is 19.4. The first-order chi connectivity index (χ1) is 21.5. The van der Waals surface area contributed by atoms with E-state index in [2.05, 4.69) is 15.6 Å². The van der Waals surface area contributed by atoms with Crippen LogP contribution in [0, 0.1) is 5.82 Å². The minimum atomic E-state index is -4.46. The van der Waals surface area contributed by atoms with Gasteiger partial charge in [0, 0.05) is 6.54 Å². The molecule has 0 spiro atoms. The lowest BCUT2D eigenvalue weighted by Crippen LogP contribution is -2.41. The molecule has 46 heavy (non-hydrogen) atoms. The Morgan fingerprint density at radius 3 is 2.54 bits per heavy atom. The SMILES string of the molecule is C[C@H]1c2ccc(C(F)(F)F)cc2CCN1C(=O)CNc1cc2cc(C(=O)[N+]3=CC[C@H](NC(=O)OC(C)(C)C)C3)[nH]c(=O)c2cc1F. The Hall–Kier alpha value is -4.75. The number of aromatic nitrogens is 1.